The molecule has 5 aliphatic heterocycles. The fourth-order valence-corrected chi connectivity index (χ4v) is 12.1. The molecular weight excluding hydrogens is 560 g/mol. The van der Waals surface area contributed by atoms with Crippen molar-refractivity contribution < 1.29 is 4.79 Å². The van der Waals surface area contributed by atoms with Crippen LogP contribution in [0.2, 0.25) is 0 Å². The summed E-state index contributed by atoms with van der Waals surface area (Å²) in [5.74, 6) is 5.97. The first-order valence-corrected chi connectivity index (χ1v) is 19.7. The van der Waals surface area contributed by atoms with Crippen molar-refractivity contribution in [2.45, 2.75) is 172 Å². The third kappa shape index (κ3) is 6.20. The molecule has 9 aliphatic rings. The van der Waals surface area contributed by atoms with Gasteiger partial charge in [0.15, 0.2) is 0 Å². The third-order valence-electron chi connectivity index (χ3n) is 14.2. The van der Waals surface area contributed by atoms with E-state index in [1.807, 2.05) is 6.92 Å². The average molecular weight is 625 g/mol. The van der Waals surface area contributed by atoms with Gasteiger partial charge >= 0.3 is 0 Å². The number of unbranched alkanes of at least 4 members (excludes halogenated alkanes) is 1. The molecule has 9 fully saturated rings. The minimum atomic E-state index is 0.420. The molecule has 0 radical (unpaired) electrons. The molecule has 9 rings (SSSR count). The van der Waals surface area contributed by atoms with Gasteiger partial charge in [0, 0.05) is 6.42 Å². The second kappa shape index (κ2) is 14.1. The monoisotopic (exact) mass is 625 g/mol. The summed E-state index contributed by atoms with van der Waals surface area (Å²) in [7, 11) is 0. The molecule has 4 saturated carbocycles. The molecule has 0 amide bonds. The molecule has 254 valence electrons. The van der Waals surface area contributed by atoms with Crippen LogP contribution in [-0.4, -0.2) is 55.6 Å². The van der Waals surface area contributed by atoms with Crippen LogP contribution < -0.4 is 42.5 Å². The zero-order valence-corrected chi connectivity index (χ0v) is 28.0. The molecule has 8 bridgehead atoms. The van der Waals surface area contributed by atoms with Gasteiger partial charge in [-0.1, -0.05) is 58.3 Å². The van der Waals surface area contributed by atoms with Crippen LogP contribution in [-0.2, 0) is 4.79 Å². The number of hydrogen-bond donors (Lipinski definition) is 8. The van der Waals surface area contributed by atoms with Crippen LogP contribution in [0.1, 0.15) is 122 Å². The van der Waals surface area contributed by atoms with Crippen molar-refractivity contribution in [1.82, 2.24) is 42.5 Å². The van der Waals surface area contributed by atoms with Crippen LogP contribution in [0.4, 0.5) is 0 Å². The van der Waals surface area contributed by atoms with Crippen molar-refractivity contribution in [2.24, 2.45) is 47.3 Å². The Balaban J connectivity index is 0.000000560. The minimum absolute atomic E-state index is 0.420. The lowest BCUT2D eigenvalue weighted by Crippen LogP contribution is -2.61. The van der Waals surface area contributed by atoms with Gasteiger partial charge in [-0.25, -0.2) is 0 Å². The van der Waals surface area contributed by atoms with Crippen LogP contribution in [0.5, 0.6) is 0 Å². The summed E-state index contributed by atoms with van der Waals surface area (Å²) in [6, 6.07) is 0. The van der Waals surface area contributed by atoms with Crippen molar-refractivity contribution >= 4 is 6.29 Å². The third-order valence-corrected chi connectivity index (χ3v) is 14.2. The predicted octanol–water partition coefficient (Wildman–Crippen LogP) is 3.59. The van der Waals surface area contributed by atoms with Gasteiger partial charge < -0.3 is 4.79 Å². The van der Waals surface area contributed by atoms with E-state index in [0.717, 1.165) is 60.1 Å². The first kappa shape index (κ1) is 31.6. The molecule has 5 saturated heterocycles. The van der Waals surface area contributed by atoms with Crippen LogP contribution in [0.25, 0.3) is 0 Å². The Labute approximate surface area is 272 Å². The van der Waals surface area contributed by atoms with E-state index in [1.165, 1.54) is 103 Å². The van der Waals surface area contributed by atoms with E-state index in [2.05, 4.69) is 42.5 Å². The normalized spacial score (nSPS) is 52.0. The minimum Gasteiger partial charge on any atom is -0.303 e. The fraction of sp³-hybridized carbons (Fsp3) is 0.972. The van der Waals surface area contributed by atoms with E-state index < -0.39 is 0 Å². The highest BCUT2D eigenvalue weighted by Gasteiger charge is 2.54. The van der Waals surface area contributed by atoms with Crippen LogP contribution in [0.15, 0.2) is 0 Å². The van der Waals surface area contributed by atoms with E-state index in [4.69, 9.17) is 0 Å². The van der Waals surface area contributed by atoms with Crippen molar-refractivity contribution in [3.8, 4) is 0 Å². The van der Waals surface area contributed by atoms with Gasteiger partial charge in [-0.2, -0.15) is 0 Å². The van der Waals surface area contributed by atoms with Gasteiger partial charge in [0.2, 0.25) is 0 Å². The van der Waals surface area contributed by atoms with E-state index in [-0.39, 0.29) is 0 Å². The van der Waals surface area contributed by atoms with Crippen molar-refractivity contribution in [2.75, 3.05) is 0 Å². The molecule has 0 aromatic rings. The average Bonchev–Trinajstić information content (AvgIpc) is 3.81. The molecule has 9 nitrogen and oxygen atoms in total. The molecule has 45 heavy (non-hydrogen) atoms. The summed E-state index contributed by atoms with van der Waals surface area (Å²) in [6.07, 6.45) is 28.2. The zero-order valence-electron chi connectivity index (χ0n) is 28.0. The standard InChI is InChI=1S/C32H56N8.C4H8O/c1-2-10-18-17(9-1)25-33-26(18)38-28-21-13-5-6-14-22(21)30(35-28)40-32-24-16-8-7-15-23(24)31(36-32)39-29-20-12-4-3-11-19(20)27(34-29)37-25;1-2-3-4-5/h17-40H,1-16H2;4H,2-3H2,1H3. The summed E-state index contributed by atoms with van der Waals surface area (Å²) in [5, 5.41) is 33.8. The van der Waals surface area contributed by atoms with E-state index in [0.29, 0.717) is 55.7 Å². The SMILES string of the molecule is C1CCC2C3NC(NC4NC(NC5NC(NC6NC(N3)C3CCCCC63)C3CCCCC53)C3CCCCC43)C2C1.CCCC=O. The van der Waals surface area contributed by atoms with Gasteiger partial charge in [0.25, 0.3) is 0 Å². The van der Waals surface area contributed by atoms with Crippen molar-refractivity contribution in [3.63, 3.8) is 0 Å². The first-order chi connectivity index (χ1) is 22.2. The fourth-order valence-electron chi connectivity index (χ4n) is 12.1. The molecular formula is C36H64N8O. The number of nitrogens with one attached hydrogen (secondary N) is 8. The lowest BCUT2D eigenvalue weighted by molar-refractivity contribution is -0.107. The van der Waals surface area contributed by atoms with Crippen molar-refractivity contribution in [1.29, 1.82) is 0 Å². The highest BCUT2D eigenvalue weighted by molar-refractivity contribution is 5.48. The van der Waals surface area contributed by atoms with Crippen molar-refractivity contribution in [3.05, 3.63) is 0 Å². The molecule has 8 N–H and O–H groups in total. The largest absolute Gasteiger partial charge is 0.303 e. The first-order valence-electron chi connectivity index (χ1n) is 19.7. The number of rotatable bonds is 2. The maximum absolute atomic E-state index is 9.40. The summed E-state index contributed by atoms with van der Waals surface area (Å²) in [6.45, 7) is 1.98. The van der Waals surface area contributed by atoms with Gasteiger partial charge in [0.1, 0.15) is 6.29 Å². The molecule has 8 atom stereocenters. The molecule has 0 aromatic carbocycles. The number of aldehydes is 1. The Hall–Kier alpha value is -0.650. The van der Waals surface area contributed by atoms with Crippen LogP contribution in [0, 0.1) is 47.3 Å². The number of carbonyl (C=O) groups excluding carboxylic acids is 1. The molecule has 8 unspecified atom stereocenters. The zero-order chi connectivity index (χ0) is 30.3. The molecule has 5 heterocycles. The van der Waals surface area contributed by atoms with Crippen LogP contribution in [0.3, 0.4) is 0 Å². The molecule has 4 aliphatic carbocycles. The van der Waals surface area contributed by atoms with Gasteiger partial charge in [-0.05, 0) is 105 Å². The topological polar surface area (TPSA) is 113 Å². The van der Waals surface area contributed by atoms with E-state index in [1.54, 1.807) is 0 Å². The Kier molecular flexibility index (Phi) is 9.88. The highest BCUT2D eigenvalue weighted by atomic mass is 16.1. The lowest BCUT2D eigenvalue weighted by Gasteiger charge is -2.35. The second-order valence-corrected chi connectivity index (χ2v) is 16.6. The number of fused-ring (bicyclic) bond motifs is 20. The van der Waals surface area contributed by atoms with E-state index >= 15 is 0 Å². The maximum atomic E-state index is 9.40. The molecule has 0 spiro atoms. The summed E-state index contributed by atoms with van der Waals surface area (Å²) >= 11 is 0. The summed E-state index contributed by atoms with van der Waals surface area (Å²) in [4.78, 5) is 9.40. The smallest absolute Gasteiger partial charge is 0.119 e. The predicted molar refractivity (Wildman–Crippen MR) is 178 cm³/mol. The Bertz CT molecular complexity index is 792. The summed E-state index contributed by atoms with van der Waals surface area (Å²) < 4.78 is 0. The number of hydrogen-bond acceptors (Lipinski definition) is 9. The Morgan fingerprint density at radius 1 is 0.378 bits per heavy atom. The quantitative estimate of drug-likeness (QED) is 0.219. The summed E-state index contributed by atoms with van der Waals surface area (Å²) in [5.41, 5.74) is 0. The van der Waals surface area contributed by atoms with Gasteiger partial charge in [-0.3, -0.25) is 42.5 Å². The van der Waals surface area contributed by atoms with Gasteiger partial charge in [-0.15, -0.1) is 0 Å². The Morgan fingerprint density at radius 3 is 0.667 bits per heavy atom. The highest BCUT2D eigenvalue weighted by Crippen LogP contribution is 2.45. The van der Waals surface area contributed by atoms with E-state index in [9.17, 15) is 4.79 Å². The number of carbonyl (C=O) groups is 1. The maximum Gasteiger partial charge on any atom is 0.119 e. The van der Waals surface area contributed by atoms with Crippen LogP contribution >= 0.6 is 0 Å². The molecule has 9 heteroatoms. The van der Waals surface area contributed by atoms with Gasteiger partial charge in [0.05, 0.1) is 49.3 Å². The second-order valence-electron chi connectivity index (χ2n) is 16.6. The Morgan fingerprint density at radius 2 is 0.556 bits per heavy atom. The molecule has 0 aromatic heterocycles. The lowest BCUT2D eigenvalue weighted by atomic mass is 9.76.